The lowest BCUT2D eigenvalue weighted by Gasteiger charge is -2.36. The number of carbonyl (C=O) groups is 1. The van der Waals surface area contributed by atoms with E-state index in [1.165, 1.54) is 0 Å². The maximum Gasteiger partial charge on any atom is 0.225 e. The van der Waals surface area contributed by atoms with E-state index in [0.29, 0.717) is 24.7 Å². The standard InChI is InChI=1S/C19H27N5O3/c1-13-11-16(27-22-13)14-12-20-19(23(2)3)21-18(14)15-7-5-6-9-24(15)17(25)8-10-26-4/h11-12,15H,5-10H2,1-4H3. The number of methoxy groups -OCH3 is 1. The third-order valence-corrected chi connectivity index (χ3v) is 4.76. The van der Waals surface area contributed by atoms with Crippen molar-refractivity contribution in [2.24, 2.45) is 0 Å². The molecule has 0 saturated carbocycles. The minimum atomic E-state index is -0.106. The first-order valence-electron chi connectivity index (χ1n) is 9.27. The third-order valence-electron chi connectivity index (χ3n) is 4.76. The van der Waals surface area contributed by atoms with Crippen LogP contribution in [0.5, 0.6) is 0 Å². The van der Waals surface area contributed by atoms with Gasteiger partial charge in [-0.3, -0.25) is 4.79 Å². The van der Waals surface area contributed by atoms with E-state index < -0.39 is 0 Å². The molecule has 27 heavy (non-hydrogen) atoms. The van der Waals surface area contributed by atoms with E-state index in [-0.39, 0.29) is 11.9 Å². The Hall–Kier alpha value is -2.48. The summed E-state index contributed by atoms with van der Waals surface area (Å²) in [7, 11) is 5.42. The molecule has 2 aromatic rings. The number of hydrogen-bond donors (Lipinski definition) is 0. The first-order valence-corrected chi connectivity index (χ1v) is 9.27. The summed E-state index contributed by atoms with van der Waals surface area (Å²) in [6, 6.07) is 1.77. The molecule has 1 fully saturated rings. The third kappa shape index (κ3) is 4.27. The van der Waals surface area contributed by atoms with Crippen molar-refractivity contribution in [3.8, 4) is 11.3 Å². The molecule has 1 saturated heterocycles. The second-order valence-corrected chi connectivity index (χ2v) is 7.04. The van der Waals surface area contributed by atoms with Crippen molar-refractivity contribution in [2.75, 3.05) is 39.3 Å². The molecule has 2 aromatic heterocycles. The van der Waals surface area contributed by atoms with Crippen LogP contribution in [0.3, 0.4) is 0 Å². The van der Waals surface area contributed by atoms with Crippen LogP contribution in [0.15, 0.2) is 16.8 Å². The largest absolute Gasteiger partial charge is 0.384 e. The van der Waals surface area contributed by atoms with Crippen molar-refractivity contribution in [3.63, 3.8) is 0 Å². The number of piperidine rings is 1. The molecule has 1 atom stereocenters. The molecule has 8 heteroatoms. The summed E-state index contributed by atoms with van der Waals surface area (Å²) in [6.45, 7) is 3.02. The first kappa shape index (κ1) is 19.3. The van der Waals surface area contributed by atoms with Crippen molar-refractivity contribution in [3.05, 3.63) is 23.7 Å². The molecule has 0 aliphatic carbocycles. The number of likely N-dealkylation sites (tertiary alicyclic amines) is 1. The Morgan fingerprint density at radius 2 is 2.22 bits per heavy atom. The summed E-state index contributed by atoms with van der Waals surface area (Å²) in [5.74, 6) is 1.33. The lowest BCUT2D eigenvalue weighted by molar-refractivity contribution is -0.136. The molecule has 1 amide bonds. The van der Waals surface area contributed by atoms with Gasteiger partial charge < -0.3 is 19.1 Å². The van der Waals surface area contributed by atoms with Crippen LogP contribution in [-0.2, 0) is 9.53 Å². The van der Waals surface area contributed by atoms with Crippen LogP contribution in [0.25, 0.3) is 11.3 Å². The van der Waals surface area contributed by atoms with E-state index in [2.05, 4.69) is 10.1 Å². The molecular formula is C19H27N5O3. The van der Waals surface area contributed by atoms with Crippen molar-refractivity contribution in [1.82, 2.24) is 20.0 Å². The number of aryl methyl sites for hydroxylation is 1. The van der Waals surface area contributed by atoms with Crippen molar-refractivity contribution in [1.29, 1.82) is 0 Å². The fourth-order valence-corrected chi connectivity index (χ4v) is 3.38. The predicted molar refractivity (Wildman–Crippen MR) is 101 cm³/mol. The predicted octanol–water partition coefficient (Wildman–Crippen LogP) is 2.60. The summed E-state index contributed by atoms with van der Waals surface area (Å²) < 4.78 is 10.6. The fraction of sp³-hybridized carbons (Fsp3) is 0.579. The number of carbonyl (C=O) groups excluding carboxylic acids is 1. The van der Waals surface area contributed by atoms with Crippen LogP contribution in [0.1, 0.15) is 43.1 Å². The van der Waals surface area contributed by atoms with Crippen LogP contribution < -0.4 is 4.90 Å². The molecule has 0 aromatic carbocycles. The minimum absolute atomic E-state index is 0.0891. The number of rotatable bonds is 6. The Bertz CT molecular complexity index is 789. The highest BCUT2D eigenvalue weighted by molar-refractivity contribution is 5.77. The number of nitrogens with zero attached hydrogens (tertiary/aromatic N) is 5. The maximum absolute atomic E-state index is 12.8. The molecule has 0 bridgehead atoms. The molecule has 146 valence electrons. The highest BCUT2D eigenvalue weighted by atomic mass is 16.5. The summed E-state index contributed by atoms with van der Waals surface area (Å²) in [4.78, 5) is 25.8. The van der Waals surface area contributed by atoms with Gasteiger partial charge in [0.25, 0.3) is 0 Å². The zero-order chi connectivity index (χ0) is 19.4. The zero-order valence-electron chi connectivity index (χ0n) is 16.4. The molecule has 3 rings (SSSR count). The average molecular weight is 373 g/mol. The number of amides is 1. The SMILES string of the molecule is COCCC(=O)N1CCCCC1c1nc(N(C)C)ncc1-c1cc(C)no1. The van der Waals surface area contributed by atoms with E-state index in [4.69, 9.17) is 14.2 Å². The Kier molecular flexibility index (Phi) is 6.05. The van der Waals surface area contributed by atoms with Gasteiger partial charge >= 0.3 is 0 Å². The van der Waals surface area contributed by atoms with Crippen LogP contribution in [0.4, 0.5) is 5.95 Å². The Morgan fingerprint density at radius 1 is 1.41 bits per heavy atom. The van der Waals surface area contributed by atoms with Gasteiger partial charge in [-0.05, 0) is 26.2 Å². The molecule has 0 spiro atoms. The smallest absolute Gasteiger partial charge is 0.225 e. The van der Waals surface area contributed by atoms with Gasteiger partial charge in [0.1, 0.15) is 0 Å². The fourth-order valence-electron chi connectivity index (χ4n) is 3.38. The molecule has 0 N–H and O–H groups in total. The van der Waals surface area contributed by atoms with Gasteiger partial charge in [-0.15, -0.1) is 0 Å². The van der Waals surface area contributed by atoms with E-state index >= 15 is 0 Å². The maximum atomic E-state index is 12.8. The van der Waals surface area contributed by atoms with Crippen molar-refractivity contribution in [2.45, 2.75) is 38.6 Å². The number of aromatic nitrogens is 3. The van der Waals surface area contributed by atoms with E-state index in [0.717, 1.165) is 42.8 Å². The van der Waals surface area contributed by atoms with Crippen LogP contribution in [0.2, 0.25) is 0 Å². The highest BCUT2D eigenvalue weighted by Crippen LogP contribution is 2.36. The van der Waals surface area contributed by atoms with E-state index in [9.17, 15) is 4.79 Å². The summed E-state index contributed by atoms with van der Waals surface area (Å²) in [5, 5.41) is 3.99. The Balaban J connectivity index is 2.02. The highest BCUT2D eigenvalue weighted by Gasteiger charge is 2.32. The number of hydrogen-bond acceptors (Lipinski definition) is 7. The lowest BCUT2D eigenvalue weighted by Crippen LogP contribution is -2.39. The van der Waals surface area contributed by atoms with Crippen molar-refractivity contribution >= 4 is 11.9 Å². The Labute approximate surface area is 159 Å². The van der Waals surface area contributed by atoms with E-state index in [1.54, 1.807) is 13.3 Å². The lowest BCUT2D eigenvalue weighted by atomic mass is 9.95. The summed E-state index contributed by atoms with van der Waals surface area (Å²) in [6.07, 6.45) is 5.05. The summed E-state index contributed by atoms with van der Waals surface area (Å²) >= 11 is 0. The topological polar surface area (TPSA) is 84.6 Å². The first-order chi connectivity index (χ1) is 13.0. The van der Waals surface area contributed by atoms with E-state index in [1.807, 2.05) is 36.9 Å². The zero-order valence-corrected chi connectivity index (χ0v) is 16.4. The minimum Gasteiger partial charge on any atom is -0.384 e. The summed E-state index contributed by atoms with van der Waals surface area (Å²) in [5.41, 5.74) is 2.40. The van der Waals surface area contributed by atoms with Gasteiger partial charge in [-0.1, -0.05) is 5.16 Å². The normalized spacial score (nSPS) is 17.2. The van der Waals surface area contributed by atoms with Gasteiger partial charge in [-0.2, -0.15) is 0 Å². The molecule has 3 heterocycles. The Morgan fingerprint density at radius 3 is 2.89 bits per heavy atom. The molecule has 8 nitrogen and oxygen atoms in total. The van der Waals surface area contributed by atoms with Gasteiger partial charge in [0, 0.05) is 40.0 Å². The van der Waals surface area contributed by atoms with Gasteiger partial charge in [0.2, 0.25) is 11.9 Å². The van der Waals surface area contributed by atoms with Crippen molar-refractivity contribution < 1.29 is 14.1 Å². The number of ether oxygens (including phenoxy) is 1. The number of anilines is 1. The van der Waals surface area contributed by atoms with Gasteiger partial charge in [0.15, 0.2) is 5.76 Å². The molecule has 1 aliphatic heterocycles. The molecule has 0 radical (unpaired) electrons. The monoisotopic (exact) mass is 373 g/mol. The van der Waals surface area contributed by atoms with Crippen LogP contribution in [0, 0.1) is 6.92 Å². The average Bonchev–Trinajstić information content (AvgIpc) is 3.11. The molecule has 1 unspecified atom stereocenters. The molecule has 1 aliphatic rings. The molecular weight excluding hydrogens is 346 g/mol. The second-order valence-electron chi connectivity index (χ2n) is 7.04. The quantitative estimate of drug-likeness (QED) is 0.769. The van der Waals surface area contributed by atoms with Gasteiger partial charge in [-0.25, -0.2) is 9.97 Å². The van der Waals surface area contributed by atoms with Gasteiger partial charge in [0.05, 0.1) is 36.0 Å². The van der Waals surface area contributed by atoms with Crippen LogP contribution in [-0.4, -0.2) is 60.3 Å². The van der Waals surface area contributed by atoms with Crippen LogP contribution >= 0.6 is 0 Å². The second kappa shape index (κ2) is 8.47.